The number of Topliss-reactive ketones (excluding diaryl/α,β-unsaturated/α-hetero) is 1. The van der Waals surface area contributed by atoms with Crippen LogP contribution < -0.4 is 11.4 Å². The molecule has 1 N–H and O–H groups in total. The number of hydrogen-bond acceptors (Lipinski definition) is 5. The highest BCUT2D eigenvalue weighted by Gasteiger charge is 2.45. The fourth-order valence-corrected chi connectivity index (χ4v) is 5.55. The number of allylic oxidation sites excluding steroid dienone is 7. The largest absolute Gasteiger partial charge is 0.507 e. The number of ketones is 2. The minimum atomic E-state index is -0.729. The second kappa shape index (κ2) is 7.55. The number of aromatic hydroxyl groups is 1. The maximum atomic E-state index is 13.2. The first-order valence-corrected chi connectivity index (χ1v) is 11.2. The average molecular weight is 510 g/mol. The number of phenols is 1. The van der Waals surface area contributed by atoms with E-state index in [-0.39, 0.29) is 40.3 Å². The van der Waals surface area contributed by atoms with Gasteiger partial charge in [0.05, 0.1) is 17.1 Å². The van der Waals surface area contributed by atoms with Gasteiger partial charge >= 0.3 is 11.4 Å². The van der Waals surface area contributed by atoms with Crippen LogP contribution in [0.15, 0.2) is 73.8 Å². The van der Waals surface area contributed by atoms with E-state index in [9.17, 15) is 24.3 Å². The third kappa shape index (κ3) is 2.95. The summed E-state index contributed by atoms with van der Waals surface area (Å²) in [6.45, 7) is 3.88. The van der Waals surface area contributed by atoms with E-state index in [2.05, 4.69) is 22.5 Å². The van der Waals surface area contributed by atoms with Gasteiger partial charge in [0.25, 0.3) is 0 Å². The fraction of sp³-hybridized carbons (Fsp3) is 0.250. The van der Waals surface area contributed by atoms with Crippen LogP contribution in [0.25, 0.3) is 0 Å². The van der Waals surface area contributed by atoms with Crippen LogP contribution in [0, 0.1) is 0 Å². The molecule has 0 amide bonds. The summed E-state index contributed by atoms with van der Waals surface area (Å²) < 4.78 is 3.88. The molecule has 168 valence electrons. The van der Waals surface area contributed by atoms with E-state index in [0.717, 1.165) is 4.57 Å². The van der Waals surface area contributed by atoms with Gasteiger partial charge in [0.1, 0.15) is 5.75 Å². The van der Waals surface area contributed by atoms with Crippen molar-refractivity contribution in [1.29, 1.82) is 0 Å². The number of phenolic OH excluding ortho intramolecular Hbond substituents is 1. The van der Waals surface area contributed by atoms with Crippen molar-refractivity contribution in [2.24, 2.45) is 7.05 Å². The Balaban J connectivity index is 1.80. The van der Waals surface area contributed by atoms with Crippen molar-refractivity contribution in [2.45, 2.75) is 31.3 Å². The van der Waals surface area contributed by atoms with Gasteiger partial charge in [-0.1, -0.05) is 30.4 Å². The zero-order valence-corrected chi connectivity index (χ0v) is 19.3. The molecule has 33 heavy (non-hydrogen) atoms. The number of fused-ring (bicyclic) bond motifs is 3. The molecule has 1 aromatic heterocycles. The number of carbonyl (C=O) groups is 2. The minimum Gasteiger partial charge on any atom is -0.507 e. The van der Waals surface area contributed by atoms with Gasteiger partial charge in [-0.15, -0.1) is 6.58 Å². The summed E-state index contributed by atoms with van der Waals surface area (Å²) in [6, 6.07) is 4.64. The van der Waals surface area contributed by atoms with Crippen LogP contribution in [-0.2, 0) is 29.6 Å². The van der Waals surface area contributed by atoms with E-state index in [1.165, 1.54) is 22.5 Å². The van der Waals surface area contributed by atoms with Crippen molar-refractivity contribution in [3.05, 3.63) is 96.3 Å². The Morgan fingerprint density at radius 1 is 1.21 bits per heavy atom. The van der Waals surface area contributed by atoms with Crippen molar-refractivity contribution in [3.63, 3.8) is 0 Å². The summed E-state index contributed by atoms with van der Waals surface area (Å²) in [5.41, 5.74) is 1.47. The van der Waals surface area contributed by atoms with Crippen LogP contribution in [-0.4, -0.2) is 30.6 Å². The van der Waals surface area contributed by atoms with Gasteiger partial charge in [-0.25, -0.2) is 23.5 Å². The maximum absolute atomic E-state index is 13.2. The Kier molecular flexibility index (Phi) is 4.89. The van der Waals surface area contributed by atoms with Crippen molar-refractivity contribution in [1.82, 2.24) is 13.9 Å². The standard InChI is InChI=1S/C24H20BrN3O5/c1-3-5-12-6-4-7-14(21(12)30)19-13-8-9-27-23(32)26(2)24(33)28(27)17(13)10-15-20(19)18(29)11-16(25)22(15)31/h3-4,6-8,11,17,19,30H,1,5,9-10H2,2H3/t17-,19-/m1/s1. The number of hydrogen-bond donors (Lipinski definition) is 1. The number of aromatic nitrogens is 3. The van der Waals surface area contributed by atoms with Crippen LogP contribution in [0.5, 0.6) is 5.75 Å². The molecule has 8 nitrogen and oxygen atoms in total. The number of carbonyl (C=O) groups excluding carboxylic acids is 2. The van der Waals surface area contributed by atoms with Crippen LogP contribution in [0.4, 0.5) is 0 Å². The third-order valence-electron chi connectivity index (χ3n) is 6.62. The lowest BCUT2D eigenvalue weighted by molar-refractivity contribution is -0.115. The Morgan fingerprint density at radius 3 is 2.70 bits per heavy atom. The smallest absolute Gasteiger partial charge is 0.347 e. The molecule has 0 fully saturated rings. The molecule has 0 saturated heterocycles. The molecule has 0 radical (unpaired) electrons. The molecule has 2 aromatic rings. The molecule has 1 aromatic carbocycles. The zero-order valence-electron chi connectivity index (χ0n) is 17.7. The summed E-state index contributed by atoms with van der Waals surface area (Å²) in [4.78, 5) is 51.8. The highest BCUT2D eigenvalue weighted by Crippen LogP contribution is 2.51. The van der Waals surface area contributed by atoms with E-state index in [1.807, 2.05) is 6.08 Å². The predicted molar refractivity (Wildman–Crippen MR) is 124 cm³/mol. The van der Waals surface area contributed by atoms with Gasteiger partial charge in [-0.3, -0.25) is 9.59 Å². The zero-order chi connectivity index (χ0) is 23.6. The number of benzene rings is 1. The Hall–Kier alpha value is -3.46. The molecule has 2 aliphatic carbocycles. The van der Waals surface area contributed by atoms with E-state index in [4.69, 9.17) is 0 Å². The van der Waals surface area contributed by atoms with Crippen LogP contribution >= 0.6 is 15.9 Å². The second-order valence-electron chi connectivity index (χ2n) is 8.33. The molecule has 0 unspecified atom stereocenters. The maximum Gasteiger partial charge on any atom is 0.347 e. The number of nitrogens with zero attached hydrogens (tertiary/aromatic N) is 3. The molecule has 2 atom stereocenters. The first kappa shape index (κ1) is 21.4. The molecule has 0 saturated carbocycles. The van der Waals surface area contributed by atoms with Gasteiger partial charge in [0.15, 0.2) is 11.6 Å². The third-order valence-corrected chi connectivity index (χ3v) is 7.20. The van der Waals surface area contributed by atoms with Gasteiger partial charge in [0.2, 0.25) is 0 Å². The van der Waals surface area contributed by atoms with Crippen molar-refractivity contribution in [2.75, 3.05) is 0 Å². The molecule has 5 rings (SSSR count). The fourth-order valence-electron chi connectivity index (χ4n) is 5.11. The topological polar surface area (TPSA) is 103 Å². The molecule has 1 aliphatic heterocycles. The SMILES string of the molecule is C=CCc1cccc([C@H]2C3=CCn4c(=O)n(C)c(=O)n4[C@@H]3CC3=C2C(=O)C=C(Br)C3=O)c1O. The Morgan fingerprint density at radius 2 is 1.97 bits per heavy atom. The lowest BCUT2D eigenvalue weighted by atomic mass is 9.68. The normalized spacial score (nSPS) is 21.8. The summed E-state index contributed by atoms with van der Waals surface area (Å²) in [7, 11) is 1.41. The second-order valence-corrected chi connectivity index (χ2v) is 9.19. The van der Waals surface area contributed by atoms with Gasteiger partial charge < -0.3 is 5.11 Å². The van der Waals surface area contributed by atoms with Gasteiger partial charge in [-0.05, 0) is 33.5 Å². The lowest BCUT2D eigenvalue weighted by Gasteiger charge is -2.39. The Labute approximate surface area is 196 Å². The minimum absolute atomic E-state index is 0.0213. The number of para-hydroxylation sites is 1. The average Bonchev–Trinajstić information content (AvgIpc) is 3.02. The van der Waals surface area contributed by atoms with E-state index in [0.29, 0.717) is 28.7 Å². The monoisotopic (exact) mass is 509 g/mol. The van der Waals surface area contributed by atoms with Crippen LogP contribution in [0.1, 0.15) is 29.5 Å². The first-order valence-electron chi connectivity index (χ1n) is 10.4. The molecule has 0 bridgehead atoms. The molecular weight excluding hydrogens is 490 g/mol. The number of rotatable bonds is 3. The van der Waals surface area contributed by atoms with Gasteiger partial charge in [0, 0.05) is 42.2 Å². The Bertz CT molecular complexity index is 1480. The van der Waals surface area contributed by atoms with Gasteiger partial charge in [-0.2, -0.15) is 0 Å². The lowest BCUT2D eigenvalue weighted by Crippen LogP contribution is -2.40. The van der Waals surface area contributed by atoms with Crippen LogP contribution in [0.2, 0.25) is 0 Å². The number of halogens is 1. The summed E-state index contributed by atoms with van der Waals surface area (Å²) in [5.74, 6) is -1.36. The summed E-state index contributed by atoms with van der Waals surface area (Å²) >= 11 is 3.18. The highest BCUT2D eigenvalue weighted by molar-refractivity contribution is 9.12. The summed E-state index contributed by atoms with van der Waals surface area (Å²) in [5, 5.41) is 11.1. The van der Waals surface area contributed by atoms with Crippen molar-refractivity contribution >= 4 is 27.5 Å². The van der Waals surface area contributed by atoms with Crippen molar-refractivity contribution < 1.29 is 14.7 Å². The molecule has 9 heteroatoms. The highest BCUT2D eigenvalue weighted by atomic mass is 79.9. The molecule has 2 heterocycles. The first-order chi connectivity index (χ1) is 15.8. The molecule has 0 spiro atoms. The quantitative estimate of drug-likeness (QED) is 0.504. The van der Waals surface area contributed by atoms with Crippen molar-refractivity contribution in [3.8, 4) is 5.75 Å². The van der Waals surface area contributed by atoms with Crippen LogP contribution in [0.3, 0.4) is 0 Å². The predicted octanol–water partition coefficient (Wildman–Crippen LogP) is 2.18. The molecule has 3 aliphatic rings. The van der Waals surface area contributed by atoms with E-state index in [1.54, 1.807) is 24.3 Å². The summed E-state index contributed by atoms with van der Waals surface area (Å²) in [6.07, 6.45) is 5.28. The van der Waals surface area contributed by atoms with E-state index >= 15 is 0 Å². The molecular formula is C24H20BrN3O5. The van der Waals surface area contributed by atoms with E-state index < -0.39 is 23.3 Å².